The highest BCUT2D eigenvalue weighted by atomic mass is 35.5. The van der Waals surface area contributed by atoms with Gasteiger partial charge in [-0.15, -0.1) is 11.8 Å². The quantitative estimate of drug-likeness (QED) is 0.275. The van der Waals surface area contributed by atoms with Gasteiger partial charge in [0, 0.05) is 41.6 Å². The van der Waals surface area contributed by atoms with E-state index in [1.54, 1.807) is 16.7 Å². The molecule has 3 aromatic rings. The van der Waals surface area contributed by atoms with E-state index in [0.717, 1.165) is 21.6 Å². The van der Waals surface area contributed by atoms with Crippen molar-refractivity contribution in [3.05, 3.63) is 101 Å². The first-order valence-corrected chi connectivity index (χ1v) is 13.7. The minimum atomic E-state index is -0.598. The van der Waals surface area contributed by atoms with Crippen LogP contribution in [0.3, 0.4) is 0 Å². The highest BCUT2D eigenvalue weighted by Gasteiger charge is 2.30. The number of aryl methyl sites for hydroxylation is 1. The molecule has 3 aromatic carbocycles. The van der Waals surface area contributed by atoms with Crippen LogP contribution in [-0.4, -0.2) is 35.1 Å². The molecule has 0 aliphatic heterocycles. The molecule has 0 spiro atoms. The Morgan fingerprint density at radius 1 is 0.944 bits per heavy atom. The number of amides is 2. The zero-order valence-electron chi connectivity index (χ0n) is 21.2. The minimum absolute atomic E-state index is 0.0275. The lowest BCUT2D eigenvalue weighted by molar-refractivity contribution is -0.141. The van der Waals surface area contributed by atoms with Crippen LogP contribution < -0.4 is 5.32 Å². The van der Waals surface area contributed by atoms with Gasteiger partial charge in [0.1, 0.15) is 6.04 Å². The van der Waals surface area contributed by atoms with E-state index in [0.29, 0.717) is 42.6 Å². The highest BCUT2D eigenvalue weighted by Crippen LogP contribution is 2.23. The molecular weight excluding hydrogens is 488 g/mol. The van der Waals surface area contributed by atoms with E-state index in [-0.39, 0.29) is 11.8 Å². The van der Waals surface area contributed by atoms with Crippen molar-refractivity contribution in [2.75, 3.05) is 12.3 Å². The average Bonchev–Trinajstić information content (AvgIpc) is 2.87. The van der Waals surface area contributed by atoms with Crippen LogP contribution in [0.25, 0.3) is 0 Å². The van der Waals surface area contributed by atoms with E-state index >= 15 is 0 Å². The number of nitrogens with one attached hydrogen (secondary N) is 1. The number of hydrogen-bond acceptors (Lipinski definition) is 3. The Morgan fingerprint density at radius 3 is 2.28 bits per heavy atom. The van der Waals surface area contributed by atoms with Crippen molar-refractivity contribution < 1.29 is 9.59 Å². The van der Waals surface area contributed by atoms with Gasteiger partial charge in [-0.05, 0) is 53.8 Å². The molecule has 0 bridgehead atoms. The van der Waals surface area contributed by atoms with Crippen LogP contribution in [0.4, 0.5) is 0 Å². The maximum atomic E-state index is 13.7. The minimum Gasteiger partial charge on any atom is -0.354 e. The predicted molar refractivity (Wildman–Crippen MR) is 150 cm³/mol. The van der Waals surface area contributed by atoms with Gasteiger partial charge in [0.25, 0.3) is 0 Å². The van der Waals surface area contributed by atoms with Crippen LogP contribution >= 0.6 is 23.4 Å². The summed E-state index contributed by atoms with van der Waals surface area (Å²) >= 11 is 7.61. The standard InChI is InChI=1S/C30H35ClN2O2S/c1-22(2)20-32-30(35)28(19-24-10-5-4-6-11-24)33(21-25-12-8-7-9-23(25)3)29(34)17-18-36-27-15-13-26(31)14-16-27/h4-16,22,28H,17-21H2,1-3H3,(H,32,35)/t28-/m1/s1. The van der Waals surface area contributed by atoms with E-state index in [4.69, 9.17) is 11.6 Å². The summed E-state index contributed by atoms with van der Waals surface area (Å²) in [6.07, 6.45) is 0.800. The summed E-state index contributed by atoms with van der Waals surface area (Å²) in [4.78, 5) is 30.0. The topological polar surface area (TPSA) is 49.4 Å². The van der Waals surface area contributed by atoms with Crippen LogP contribution in [0, 0.1) is 12.8 Å². The first-order valence-electron chi connectivity index (χ1n) is 12.4. The molecule has 2 amide bonds. The maximum absolute atomic E-state index is 13.7. The van der Waals surface area contributed by atoms with Gasteiger partial charge in [0.15, 0.2) is 0 Å². The Morgan fingerprint density at radius 2 is 1.61 bits per heavy atom. The lowest BCUT2D eigenvalue weighted by Crippen LogP contribution is -2.51. The van der Waals surface area contributed by atoms with Crippen LogP contribution in [0.2, 0.25) is 5.02 Å². The molecule has 36 heavy (non-hydrogen) atoms. The maximum Gasteiger partial charge on any atom is 0.243 e. The van der Waals surface area contributed by atoms with Crippen molar-refractivity contribution in [3.8, 4) is 0 Å². The third-order valence-electron chi connectivity index (χ3n) is 5.96. The average molecular weight is 523 g/mol. The lowest BCUT2D eigenvalue weighted by Gasteiger charge is -2.32. The summed E-state index contributed by atoms with van der Waals surface area (Å²) in [5.41, 5.74) is 3.18. The van der Waals surface area contributed by atoms with Crippen molar-refractivity contribution in [1.29, 1.82) is 0 Å². The van der Waals surface area contributed by atoms with Gasteiger partial charge in [-0.2, -0.15) is 0 Å². The van der Waals surface area contributed by atoms with Gasteiger partial charge >= 0.3 is 0 Å². The second-order valence-corrected chi connectivity index (χ2v) is 10.9. The summed E-state index contributed by atoms with van der Waals surface area (Å²) < 4.78 is 0. The molecule has 4 nitrogen and oxygen atoms in total. The molecule has 0 unspecified atom stereocenters. The molecule has 1 N–H and O–H groups in total. The largest absolute Gasteiger partial charge is 0.354 e. The summed E-state index contributed by atoms with van der Waals surface area (Å²) in [5, 5.41) is 3.77. The lowest BCUT2D eigenvalue weighted by atomic mass is 10.0. The molecule has 0 fully saturated rings. The van der Waals surface area contributed by atoms with Gasteiger partial charge in [-0.1, -0.05) is 80.0 Å². The van der Waals surface area contributed by atoms with Gasteiger partial charge < -0.3 is 10.2 Å². The molecule has 190 valence electrons. The summed E-state index contributed by atoms with van der Waals surface area (Å²) in [5.74, 6) is 0.805. The van der Waals surface area contributed by atoms with E-state index in [1.165, 1.54) is 0 Å². The smallest absolute Gasteiger partial charge is 0.243 e. The Labute approximate surface area is 224 Å². The van der Waals surface area contributed by atoms with E-state index in [2.05, 4.69) is 19.2 Å². The Kier molecular flexibility index (Phi) is 10.9. The second kappa shape index (κ2) is 14.1. The monoisotopic (exact) mass is 522 g/mol. The molecule has 0 aliphatic carbocycles. The number of carbonyl (C=O) groups excluding carboxylic acids is 2. The van der Waals surface area contributed by atoms with Crippen molar-refractivity contribution >= 4 is 35.2 Å². The van der Waals surface area contributed by atoms with Gasteiger partial charge in [0.2, 0.25) is 11.8 Å². The normalized spacial score (nSPS) is 11.8. The number of thioether (sulfide) groups is 1. The van der Waals surface area contributed by atoms with Gasteiger partial charge in [-0.25, -0.2) is 0 Å². The van der Waals surface area contributed by atoms with Crippen LogP contribution in [0.5, 0.6) is 0 Å². The van der Waals surface area contributed by atoms with Crippen LogP contribution in [0.1, 0.15) is 37.0 Å². The molecule has 3 rings (SSSR count). The third-order valence-corrected chi connectivity index (χ3v) is 7.22. The van der Waals surface area contributed by atoms with E-state index in [1.807, 2.05) is 85.8 Å². The zero-order chi connectivity index (χ0) is 25.9. The SMILES string of the molecule is Cc1ccccc1CN(C(=O)CCSc1ccc(Cl)cc1)[C@H](Cc1ccccc1)C(=O)NCC(C)C. The number of benzene rings is 3. The van der Waals surface area contributed by atoms with E-state index in [9.17, 15) is 9.59 Å². The number of hydrogen-bond donors (Lipinski definition) is 1. The van der Waals surface area contributed by atoms with Crippen molar-refractivity contribution in [3.63, 3.8) is 0 Å². The van der Waals surface area contributed by atoms with Crippen LogP contribution in [0.15, 0.2) is 83.8 Å². The summed E-state index contributed by atoms with van der Waals surface area (Å²) in [6.45, 7) is 7.14. The summed E-state index contributed by atoms with van der Waals surface area (Å²) in [6, 6.07) is 25.0. The van der Waals surface area contributed by atoms with Gasteiger partial charge in [0.05, 0.1) is 0 Å². The van der Waals surface area contributed by atoms with Crippen molar-refractivity contribution in [2.45, 2.75) is 51.1 Å². The van der Waals surface area contributed by atoms with Gasteiger partial charge in [-0.3, -0.25) is 9.59 Å². The molecule has 0 saturated carbocycles. The fourth-order valence-corrected chi connectivity index (χ4v) is 4.85. The Hall–Kier alpha value is -2.76. The fourth-order valence-electron chi connectivity index (χ4n) is 3.88. The number of halogens is 1. The van der Waals surface area contributed by atoms with Crippen molar-refractivity contribution in [1.82, 2.24) is 10.2 Å². The Bertz CT molecular complexity index is 1120. The van der Waals surface area contributed by atoms with Crippen LogP contribution in [-0.2, 0) is 22.6 Å². The number of rotatable bonds is 12. The first-order chi connectivity index (χ1) is 17.3. The Balaban J connectivity index is 1.84. The predicted octanol–water partition coefficient (Wildman–Crippen LogP) is 6.54. The number of nitrogens with zero attached hydrogens (tertiary/aromatic N) is 1. The van der Waals surface area contributed by atoms with Crippen molar-refractivity contribution in [2.24, 2.45) is 5.92 Å². The number of carbonyl (C=O) groups is 2. The molecule has 0 aromatic heterocycles. The zero-order valence-corrected chi connectivity index (χ0v) is 22.8. The highest BCUT2D eigenvalue weighted by molar-refractivity contribution is 7.99. The molecule has 0 aliphatic rings. The molecule has 6 heteroatoms. The molecule has 0 heterocycles. The second-order valence-electron chi connectivity index (χ2n) is 9.35. The molecule has 1 atom stereocenters. The molecule has 0 radical (unpaired) electrons. The summed E-state index contributed by atoms with van der Waals surface area (Å²) in [7, 11) is 0. The fraction of sp³-hybridized carbons (Fsp3) is 0.333. The molecule has 0 saturated heterocycles. The van der Waals surface area contributed by atoms with E-state index < -0.39 is 6.04 Å². The first kappa shape index (κ1) is 27.8. The molecular formula is C30H35ClN2O2S. The third kappa shape index (κ3) is 8.72.